The number of ether oxygens (including phenoxy) is 2. The van der Waals surface area contributed by atoms with Crippen LogP contribution in [0.15, 0.2) is 12.1 Å². The lowest BCUT2D eigenvalue weighted by Gasteiger charge is -2.19. The van der Waals surface area contributed by atoms with Gasteiger partial charge in [0.05, 0.1) is 31.0 Å². The molecule has 1 aromatic rings. The van der Waals surface area contributed by atoms with Crippen molar-refractivity contribution in [1.29, 1.82) is 0 Å². The topological polar surface area (TPSA) is 54.0 Å². The first-order chi connectivity index (χ1) is 8.97. The minimum absolute atomic E-state index is 0.416. The molecule has 0 radical (unpaired) electrons. The van der Waals surface area contributed by atoms with Crippen LogP contribution in [-0.2, 0) is 0 Å². The fraction of sp³-hybridized carbons (Fsp3) is 0.538. The summed E-state index contributed by atoms with van der Waals surface area (Å²) in [6.45, 7) is 0.999. The Kier molecular flexibility index (Phi) is 6.21. The molecule has 0 aromatic heterocycles. The SMILES string of the molecule is COc1cc(NCC(O)CN(C)C)c(OC)cc1Cl. The molecule has 0 aliphatic carbocycles. The number of aliphatic hydroxyl groups is 1. The predicted octanol–water partition coefficient (Wildman–Crippen LogP) is 1.69. The van der Waals surface area contributed by atoms with Gasteiger partial charge in [0.1, 0.15) is 11.5 Å². The van der Waals surface area contributed by atoms with Gasteiger partial charge in [0.25, 0.3) is 0 Å². The summed E-state index contributed by atoms with van der Waals surface area (Å²) in [5.41, 5.74) is 0.738. The van der Waals surface area contributed by atoms with Crippen molar-refractivity contribution in [1.82, 2.24) is 4.90 Å². The summed E-state index contributed by atoms with van der Waals surface area (Å²) in [7, 11) is 6.95. The van der Waals surface area contributed by atoms with Crippen LogP contribution in [0.3, 0.4) is 0 Å². The number of nitrogens with zero attached hydrogens (tertiary/aromatic N) is 1. The summed E-state index contributed by atoms with van der Waals surface area (Å²) in [4.78, 5) is 1.92. The van der Waals surface area contributed by atoms with Gasteiger partial charge in [0.15, 0.2) is 0 Å². The molecule has 0 spiro atoms. The van der Waals surface area contributed by atoms with Gasteiger partial charge in [-0.3, -0.25) is 0 Å². The molecule has 0 aliphatic heterocycles. The second-order valence-electron chi connectivity index (χ2n) is 4.48. The van der Waals surface area contributed by atoms with Crippen molar-refractivity contribution in [3.63, 3.8) is 0 Å². The van der Waals surface area contributed by atoms with E-state index in [1.54, 1.807) is 26.4 Å². The summed E-state index contributed by atoms with van der Waals surface area (Å²) in [6.07, 6.45) is -0.471. The third-order valence-corrected chi connectivity index (χ3v) is 2.87. The third-order valence-electron chi connectivity index (χ3n) is 2.58. The molecule has 2 N–H and O–H groups in total. The van der Waals surface area contributed by atoms with E-state index in [0.717, 1.165) is 5.69 Å². The summed E-state index contributed by atoms with van der Waals surface area (Å²) in [6, 6.07) is 3.44. The highest BCUT2D eigenvalue weighted by atomic mass is 35.5. The van der Waals surface area contributed by atoms with Gasteiger partial charge < -0.3 is 24.8 Å². The fourth-order valence-corrected chi connectivity index (χ4v) is 1.94. The largest absolute Gasteiger partial charge is 0.495 e. The lowest BCUT2D eigenvalue weighted by atomic mass is 10.2. The number of halogens is 1. The summed E-state index contributed by atoms with van der Waals surface area (Å²) < 4.78 is 10.4. The molecule has 1 atom stereocenters. The van der Waals surface area contributed by atoms with Gasteiger partial charge in [-0.2, -0.15) is 0 Å². The van der Waals surface area contributed by atoms with Crippen molar-refractivity contribution in [2.75, 3.05) is 46.7 Å². The Morgan fingerprint density at radius 3 is 2.42 bits per heavy atom. The third kappa shape index (κ3) is 4.78. The molecule has 0 heterocycles. The number of nitrogens with one attached hydrogen (secondary N) is 1. The monoisotopic (exact) mass is 288 g/mol. The highest BCUT2D eigenvalue weighted by Crippen LogP contribution is 2.35. The number of methoxy groups -OCH3 is 2. The van der Waals surface area contributed by atoms with E-state index in [-0.39, 0.29) is 0 Å². The number of rotatable bonds is 7. The fourth-order valence-electron chi connectivity index (χ4n) is 1.71. The first-order valence-electron chi connectivity index (χ1n) is 5.96. The molecule has 0 saturated carbocycles. The summed E-state index contributed by atoms with van der Waals surface area (Å²) in [5.74, 6) is 1.18. The Morgan fingerprint density at radius 2 is 1.89 bits per heavy atom. The Balaban J connectivity index is 2.76. The summed E-state index contributed by atoms with van der Waals surface area (Å²) in [5, 5.41) is 13.4. The standard InChI is InChI=1S/C13H21ClN2O3/c1-16(2)8-9(17)7-15-11-6-12(18-3)10(14)5-13(11)19-4/h5-6,9,15,17H,7-8H2,1-4H3. The van der Waals surface area contributed by atoms with E-state index in [9.17, 15) is 5.11 Å². The van der Waals surface area contributed by atoms with E-state index in [1.165, 1.54) is 0 Å². The Bertz CT molecular complexity index is 413. The molecule has 0 bridgehead atoms. The van der Waals surface area contributed by atoms with E-state index >= 15 is 0 Å². The molecule has 0 aliphatic rings. The smallest absolute Gasteiger partial charge is 0.143 e. The van der Waals surface area contributed by atoms with Crippen molar-refractivity contribution in [2.45, 2.75) is 6.10 Å². The van der Waals surface area contributed by atoms with Crippen LogP contribution >= 0.6 is 11.6 Å². The lowest BCUT2D eigenvalue weighted by molar-refractivity contribution is 0.148. The first kappa shape index (κ1) is 15.9. The van der Waals surface area contributed by atoms with Crippen molar-refractivity contribution < 1.29 is 14.6 Å². The number of anilines is 1. The van der Waals surface area contributed by atoms with Gasteiger partial charge >= 0.3 is 0 Å². The van der Waals surface area contributed by atoms with Gasteiger partial charge in [-0.1, -0.05) is 11.6 Å². The lowest BCUT2D eigenvalue weighted by Crippen LogP contribution is -2.31. The van der Waals surface area contributed by atoms with E-state index in [4.69, 9.17) is 21.1 Å². The van der Waals surface area contributed by atoms with Gasteiger partial charge in [0, 0.05) is 25.2 Å². The van der Waals surface area contributed by atoms with E-state index in [1.807, 2.05) is 19.0 Å². The van der Waals surface area contributed by atoms with Crippen molar-refractivity contribution in [2.24, 2.45) is 0 Å². The normalized spacial score (nSPS) is 12.4. The number of hydrogen-bond donors (Lipinski definition) is 2. The van der Waals surface area contributed by atoms with Gasteiger partial charge in [-0.25, -0.2) is 0 Å². The van der Waals surface area contributed by atoms with Crippen molar-refractivity contribution in [3.05, 3.63) is 17.2 Å². The molecule has 0 saturated heterocycles. The van der Waals surface area contributed by atoms with Crippen LogP contribution in [0.2, 0.25) is 5.02 Å². The first-order valence-corrected chi connectivity index (χ1v) is 6.34. The van der Waals surface area contributed by atoms with Crippen molar-refractivity contribution >= 4 is 17.3 Å². The second-order valence-corrected chi connectivity index (χ2v) is 4.89. The number of hydrogen-bond acceptors (Lipinski definition) is 5. The molecule has 0 amide bonds. The Morgan fingerprint density at radius 1 is 1.26 bits per heavy atom. The zero-order chi connectivity index (χ0) is 14.4. The van der Waals surface area contributed by atoms with Gasteiger partial charge in [-0.15, -0.1) is 0 Å². The van der Waals surface area contributed by atoms with E-state index < -0.39 is 6.10 Å². The van der Waals surface area contributed by atoms with Crippen LogP contribution in [0.1, 0.15) is 0 Å². The van der Waals surface area contributed by atoms with Gasteiger partial charge in [0.2, 0.25) is 0 Å². The highest BCUT2D eigenvalue weighted by Gasteiger charge is 2.11. The predicted molar refractivity (Wildman–Crippen MR) is 77.6 cm³/mol. The molecule has 5 nitrogen and oxygen atoms in total. The molecular formula is C13H21ClN2O3. The van der Waals surface area contributed by atoms with Crippen LogP contribution in [0.5, 0.6) is 11.5 Å². The average Bonchev–Trinajstić information content (AvgIpc) is 2.35. The molecular weight excluding hydrogens is 268 g/mol. The van der Waals surface area contributed by atoms with E-state index in [0.29, 0.717) is 29.6 Å². The number of likely N-dealkylation sites (N-methyl/N-ethyl adjacent to an activating group) is 1. The maximum Gasteiger partial charge on any atom is 0.143 e. The maximum atomic E-state index is 9.82. The van der Waals surface area contributed by atoms with Crippen LogP contribution in [0.25, 0.3) is 0 Å². The zero-order valence-electron chi connectivity index (χ0n) is 11.7. The Labute approximate surface area is 119 Å². The van der Waals surface area contributed by atoms with Crippen LogP contribution in [0.4, 0.5) is 5.69 Å². The van der Waals surface area contributed by atoms with Gasteiger partial charge in [-0.05, 0) is 14.1 Å². The Hall–Kier alpha value is -1.17. The number of benzene rings is 1. The number of aliphatic hydroxyl groups excluding tert-OH is 1. The molecule has 108 valence electrons. The molecule has 1 unspecified atom stereocenters. The molecule has 0 fully saturated rings. The maximum absolute atomic E-state index is 9.82. The second kappa shape index (κ2) is 7.43. The zero-order valence-corrected chi connectivity index (χ0v) is 12.5. The van der Waals surface area contributed by atoms with Crippen LogP contribution in [-0.4, -0.2) is 57.5 Å². The minimum Gasteiger partial charge on any atom is -0.495 e. The summed E-state index contributed by atoms with van der Waals surface area (Å²) >= 11 is 6.02. The molecule has 1 rings (SSSR count). The van der Waals surface area contributed by atoms with Crippen LogP contribution in [0, 0.1) is 0 Å². The molecule has 19 heavy (non-hydrogen) atoms. The minimum atomic E-state index is -0.471. The van der Waals surface area contributed by atoms with E-state index in [2.05, 4.69) is 5.32 Å². The van der Waals surface area contributed by atoms with Crippen molar-refractivity contribution in [3.8, 4) is 11.5 Å². The highest BCUT2D eigenvalue weighted by molar-refractivity contribution is 6.32. The molecule has 6 heteroatoms. The quantitative estimate of drug-likeness (QED) is 0.800. The van der Waals surface area contributed by atoms with Crippen LogP contribution < -0.4 is 14.8 Å². The molecule has 1 aromatic carbocycles. The average molecular weight is 289 g/mol.